The molecule has 17 heavy (non-hydrogen) atoms. The van der Waals surface area contributed by atoms with Crippen molar-refractivity contribution < 1.29 is 14.3 Å². The van der Waals surface area contributed by atoms with E-state index >= 15 is 0 Å². The molecule has 1 rings (SSSR count). The van der Waals surface area contributed by atoms with Gasteiger partial charge in [-0.15, -0.1) is 0 Å². The maximum absolute atomic E-state index is 11.6. The zero-order chi connectivity index (χ0) is 12.7. The van der Waals surface area contributed by atoms with E-state index < -0.39 is 12.0 Å². The molecule has 4 nitrogen and oxygen atoms in total. The minimum absolute atomic E-state index is 0.136. The minimum atomic E-state index is -0.727. The molecule has 1 atom stereocenters. The first-order valence-electron chi connectivity index (χ1n) is 5.70. The molecule has 0 unspecified atom stereocenters. The summed E-state index contributed by atoms with van der Waals surface area (Å²) in [6.45, 7) is 4.48. The Kier molecular flexibility index (Phi) is 5.66. The van der Waals surface area contributed by atoms with Crippen LogP contribution < -0.4 is 5.73 Å². The number of nitrogens with two attached hydrogens (primary N) is 1. The van der Waals surface area contributed by atoms with Crippen LogP contribution in [0.5, 0.6) is 0 Å². The molecule has 0 amide bonds. The molecule has 0 aliphatic rings. The third kappa shape index (κ3) is 4.97. The van der Waals surface area contributed by atoms with Crippen LogP contribution in [0, 0.1) is 0 Å². The molecule has 1 aromatic carbocycles. The van der Waals surface area contributed by atoms with E-state index in [1.165, 1.54) is 0 Å². The number of carbonyl (C=O) groups excluding carboxylic acids is 1. The Bertz CT molecular complexity index is 338. The molecule has 0 saturated heterocycles. The summed E-state index contributed by atoms with van der Waals surface area (Å²) in [6.07, 6.45) is 0.136. The number of carbonyl (C=O) groups is 1. The predicted molar refractivity (Wildman–Crippen MR) is 65.4 cm³/mol. The molecule has 0 radical (unpaired) electrons. The summed E-state index contributed by atoms with van der Waals surface area (Å²) in [5.41, 5.74) is 6.52. The van der Waals surface area contributed by atoms with Crippen molar-refractivity contribution in [3.8, 4) is 0 Å². The van der Waals surface area contributed by atoms with Crippen LogP contribution in [0.15, 0.2) is 30.3 Å². The number of ether oxygens (including phenoxy) is 2. The van der Waals surface area contributed by atoms with E-state index in [9.17, 15) is 4.79 Å². The highest BCUT2D eigenvalue weighted by molar-refractivity contribution is 5.77. The maximum Gasteiger partial charge on any atom is 0.327 e. The van der Waals surface area contributed by atoms with Gasteiger partial charge in [0.25, 0.3) is 0 Å². The molecule has 0 fully saturated rings. The lowest BCUT2D eigenvalue weighted by molar-refractivity contribution is -0.147. The summed E-state index contributed by atoms with van der Waals surface area (Å²) in [5.74, 6) is -0.427. The van der Waals surface area contributed by atoms with Gasteiger partial charge in [-0.2, -0.15) is 0 Å². The van der Waals surface area contributed by atoms with Gasteiger partial charge in [0.2, 0.25) is 0 Å². The van der Waals surface area contributed by atoms with E-state index in [4.69, 9.17) is 15.2 Å². The van der Waals surface area contributed by atoms with Crippen LogP contribution in [0.3, 0.4) is 0 Å². The number of rotatable bonds is 6. The van der Waals surface area contributed by atoms with Gasteiger partial charge in [-0.25, -0.2) is 4.79 Å². The van der Waals surface area contributed by atoms with Crippen molar-refractivity contribution in [1.82, 2.24) is 0 Å². The van der Waals surface area contributed by atoms with Crippen molar-refractivity contribution in [2.45, 2.75) is 26.0 Å². The second-order valence-corrected chi connectivity index (χ2v) is 3.98. The van der Waals surface area contributed by atoms with Crippen molar-refractivity contribution in [3.63, 3.8) is 0 Å². The highest BCUT2D eigenvalue weighted by Gasteiger charge is 2.16. The molecule has 0 spiro atoms. The fraction of sp³-hybridized carbons (Fsp3) is 0.462. The molecule has 0 saturated carbocycles. The van der Waals surface area contributed by atoms with E-state index in [1.54, 1.807) is 12.1 Å². The monoisotopic (exact) mass is 237 g/mol. The van der Waals surface area contributed by atoms with Gasteiger partial charge < -0.3 is 15.2 Å². The van der Waals surface area contributed by atoms with E-state index in [1.807, 2.05) is 32.0 Å². The quantitative estimate of drug-likeness (QED) is 0.603. The van der Waals surface area contributed by atoms with Gasteiger partial charge in [-0.1, -0.05) is 30.3 Å². The summed E-state index contributed by atoms with van der Waals surface area (Å²) in [4.78, 5) is 11.6. The average molecular weight is 237 g/mol. The summed E-state index contributed by atoms with van der Waals surface area (Å²) < 4.78 is 10.3. The molecule has 0 heterocycles. The normalized spacial score (nSPS) is 12.5. The van der Waals surface area contributed by atoms with Crippen LogP contribution in [0.2, 0.25) is 0 Å². The molecule has 94 valence electrons. The minimum Gasteiger partial charge on any atom is -0.462 e. The molecule has 1 aromatic rings. The van der Waals surface area contributed by atoms with Crippen LogP contribution in [-0.2, 0) is 14.3 Å². The second-order valence-electron chi connectivity index (χ2n) is 3.98. The first kappa shape index (κ1) is 13.7. The number of hydrogen-bond acceptors (Lipinski definition) is 4. The van der Waals surface area contributed by atoms with Crippen molar-refractivity contribution >= 4 is 5.97 Å². The predicted octanol–water partition coefficient (Wildman–Crippen LogP) is 1.65. The first-order chi connectivity index (χ1) is 8.11. The fourth-order valence-corrected chi connectivity index (χ4v) is 1.31. The SMILES string of the molecule is CC(C)OCCOC(=O)[C@H](N)c1ccccc1. The Balaban J connectivity index is 2.33. The number of benzene rings is 1. The van der Waals surface area contributed by atoms with Crippen LogP contribution in [-0.4, -0.2) is 25.3 Å². The van der Waals surface area contributed by atoms with Crippen molar-refractivity contribution in [1.29, 1.82) is 0 Å². The Labute approximate surface area is 102 Å². The largest absolute Gasteiger partial charge is 0.462 e. The second kappa shape index (κ2) is 7.04. The molecule has 0 aliphatic heterocycles. The summed E-state index contributed by atoms with van der Waals surface area (Å²) in [5, 5.41) is 0. The third-order valence-electron chi connectivity index (χ3n) is 2.19. The lowest BCUT2D eigenvalue weighted by Crippen LogP contribution is -2.25. The smallest absolute Gasteiger partial charge is 0.327 e. The lowest BCUT2D eigenvalue weighted by atomic mass is 10.1. The molecule has 0 aromatic heterocycles. The molecule has 2 N–H and O–H groups in total. The third-order valence-corrected chi connectivity index (χ3v) is 2.19. The Morgan fingerprint density at radius 3 is 2.47 bits per heavy atom. The van der Waals surface area contributed by atoms with E-state index in [0.29, 0.717) is 6.61 Å². The molecule has 4 heteroatoms. The van der Waals surface area contributed by atoms with Gasteiger partial charge in [-0.3, -0.25) is 0 Å². The average Bonchev–Trinajstić information content (AvgIpc) is 2.34. The van der Waals surface area contributed by atoms with Gasteiger partial charge in [0.15, 0.2) is 0 Å². The van der Waals surface area contributed by atoms with E-state index in [0.717, 1.165) is 5.56 Å². The van der Waals surface area contributed by atoms with Gasteiger partial charge in [0, 0.05) is 0 Å². The molecule has 0 bridgehead atoms. The Morgan fingerprint density at radius 1 is 1.24 bits per heavy atom. The number of esters is 1. The van der Waals surface area contributed by atoms with Crippen LogP contribution in [0.1, 0.15) is 25.5 Å². The molecule has 0 aliphatic carbocycles. The lowest BCUT2D eigenvalue weighted by Gasteiger charge is -2.12. The highest BCUT2D eigenvalue weighted by atomic mass is 16.6. The van der Waals surface area contributed by atoms with Gasteiger partial charge in [0.1, 0.15) is 12.6 Å². The zero-order valence-electron chi connectivity index (χ0n) is 10.3. The number of hydrogen-bond donors (Lipinski definition) is 1. The van der Waals surface area contributed by atoms with E-state index in [2.05, 4.69) is 0 Å². The Morgan fingerprint density at radius 2 is 1.88 bits per heavy atom. The van der Waals surface area contributed by atoms with Crippen LogP contribution in [0.25, 0.3) is 0 Å². The standard InChI is InChI=1S/C13H19NO3/c1-10(2)16-8-9-17-13(15)12(14)11-6-4-3-5-7-11/h3-7,10,12H,8-9,14H2,1-2H3/t12-/m1/s1. The topological polar surface area (TPSA) is 61.5 Å². The molecular weight excluding hydrogens is 218 g/mol. The van der Waals surface area contributed by atoms with Gasteiger partial charge in [0.05, 0.1) is 12.7 Å². The highest BCUT2D eigenvalue weighted by Crippen LogP contribution is 2.10. The van der Waals surface area contributed by atoms with Crippen molar-refractivity contribution in [3.05, 3.63) is 35.9 Å². The first-order valence-corrected chi connectivity index (χ1v) is 5.70. The zero-order valence-corrected chi connectivity index (χ0v) is 10.3. The van der Waals surface area contributed by atoms with Gasteiger partial charge in [-0.05, 0) is 19.4 Å². The van der Waals surface area contributed by atoms with Gasteiger partial charge >= 0.3 is 5.97 Å². The van der Waals surface area contributed by atoms with Crippen molar-refractivity contribution in [2.75, 3.05) is 13.2 Å². The van der Waals surface area contributed by atoms with Crippen molar-refractivity contribution in [2.24, 2.45) is 5.73 Å². The van der Waals surface area contributed by atoms with E-state index in [-0.39, 0.29) is 12.7 Å². The summed E-state index contributed by atoms with van der Waals surface area (Å²) in [6, 6.07) is 8.43. The summed E-state index contributed by atoms with van der Waals surface area (Å²) >= 11 is 0. The Hall–Kier alpha value is -1.39. The van der Waals surface area contributed by atoms with Crippen LogP contribution >= 0.6 is 0 Å². The maximum atomic E-state index is 11.6. The summed E-state index contributed by atoms with van der Waals surface area (Å²) in [7, 11) is 0. The van der Waals surface area contributed by atoms with Crippen LogP contribution in [0.4, 0.5) is 0 Å². The molecular formula is C13H19NO3. The fourth-order valence-electron chi connectivity index (χ4n) is 1.31.